The number of esters is 1. The number of hydrogen-bond donors (Lipinski definition) is 1. The summed E-state index contributed by atoms with van der Waals surface area (Å²) in [5.74, 6) is -0.745. The zero-order valence-electron chi connectivity index (χ0n) is 8.03. The van der Waals surface area contributed by atoms with Gasteiger partial charge in [-0.3, -0.25) is 4.79 Å². The van der Waals surface area contributed by atoms with E-state index in [1.165, 1.54) is 7.11 Å². The summed E-state index contributed by atoms with van der Waals surface area (Å²) in [7, 11) is 1.33. The second-order valence-electron chi connectivity index (χ2n) is 3.43. The minimum absolute atomic E-state index is 0.0779. The molecule has 1 rings (SSSR count). The molecule has 1 heterocycles. The van der Waals surface area contributed by atoms with Crippen LogP contribution in [0.25, 0.3) is 0 Å². The van der Waals surface area contributed by atoms with Crippen LogP contribution in [0.4, 0.5) is 0 Å². The van der Waals surface area contributed by atoms with Crippen LogP contribution in [0.15, 0.2) is 0 Å². The average molecular weight is 188 g/mol. The molecule has 1 aliphatic rings. The van der Waals surface area contributed by atoms with E-state index in [0.717, 1.165) is 6.42 Å². The number of hydrogen-bond acceptors (Lipinski definition) is 4. The molecule has 0 spiro atoms. The van der Waals surface area contributed by atoms with Gasteiger partial charge < -0.3 is 14.6 Å². The van der Waals surface area contributed by atoms with Gasteiger partial charge in [0.2, 0.25) is 0 Å². The van der Waals surface area contributed by atoms with Gasteiger partial charge in [0.15, 0.2) is 0 Å². The maximum Gasteiger partial charge on any atom is 0.311 e. The van der Waals surface area contributed by atoms with Gasteiger partial charge in [-0.25, -0.2) is 0 Å². The number of methoxy groups -OCH3 is 1. The Kier molecular flexibility index (Phi) is 3.69. The lowest BCUT2D eigenvalue weighted by molar-refractivity contribution is -0.149. The lowest BCUT2D eigenvalue weighted by atomic mass is 9.92. The summed E-state index contributed by atoms with van der Waals surface area (Å²) in [5, 5.41) is 9.74. The van der Waals surface area contributed by atoms with Gasteiger partial charge in [-0.05, 0) is 13.3 Å². The molecule has 4 nitrogen and oxygen atoms in total. The summed E-state index contributed by atoms with van der Waals surface area (Å²) in [4.78, 5) is 11.1. The first-order valence-electron chi connectivity index (χ1n) is 4.50. The average Bonchev–Trinajstić information content (AvgIpc) is 2.67. The molecule has 0 aliphatic carbocycles. The lowest BCUT2D eigenvalue weighted by Crippen LogP contribution is -2.33. The number of carbonyl (C=O) groups excluding carboxylic acids is 1. The highest BCUT2D eigenvalue weighted by atomic mass is 16.5. The van der Waals surface area contributed by atoms with Crippen LogP contribution < -0.4 is 0 Å². The van der Waals surface area contributed by atoms with Crippen LogP contribution in [-0.2, 0) is 14.3 Å². The molecule has 0 saturated carbocycles. The van der Waals surface area contributed by atoms with Crippen LogP contribution >= 0.6 is 0 Å². The highest BCUT2D eigenvalue weighted by molar-refractivity contribution is 5.72. The molecule has 0 amide bonds. The van der Waals surface area contributed by atoms with Crippen LogP contribution in [0.2, 0.25) is 0 Å². The van der Waals surface area contributed by atoms with Gasteiger partial charge >= 0.3 is 5.97 Å². The summed E-state index contributed by atoms with van der Waals surface area (Å²) in [6.45, 7) is 2.90. The minimum atomic E-state index is -0.644. The Bertz CT molecular complexity index is 174. The van der Waals surface area contributed by atoms with Crippen LogP contribution in [-0.4, -0.2) is 37.5 Å². The Hall–Kier alpha value is -0.610. The number of rotatable bonds is 3. The summed E-state index contributed by atoms with van der Waals surface area (Å²) in [5.41, 5.74) is 0. The van der Waals surface area contributed by atoms with E-state index in [0.29, 0.717) is 13.2 Å². The SMILES string of the molecule is COC(=O)C(C)C(O)C1CCOC1. The number of ether oxygens (including phenoxy) is 2. The summed E-state index contributed by atoms with van der Waals surface area (Å²) >= 11 is 0. The summed E-state index contributed by atoms with van der Waals surface area (Å²) in [6, 6.07) is 0. The molecule has 1 aliphatic heterocycles. The first kappa shape index (κ1) is 10.5. The largest absolute Gasteiger partial charge is 0.469 e. The number of aliphatic hydroxyl groups excluding tert-OH is 1. The molecule has 1 saturated heterocycles. The predicted octanol–water partition coefficient (Wildman–Crippen LogP) is 0.193. The molecule has 0 radical (unpaired) electrons. The fourth-order valence-corrected chi connectivity index (χ4v) is 1.56. The van der Waals surface area contributed by atoms with Crippen molar-refractivity contribution in [2.45, 2.75) is 19.4 Å². The van der Waals surface area contributed by atoms with Crippen molar-refractivity contribution in [3.05, 3.63) is 0 Å². The molecule has 1 fully saturated rings. The lowest BCUT2D eigenvalue weighted by Gasteiger charge is -2.21. The topological polar surface area (TPSA) is 55.8 Å². The Balaban J connectivity index is 2.45. The van der Waals surface area contributed by atoms with Gasteiger partial charge in [-0.1, -0.05) is 0 Å². The molecule has 13 heavy (non-hydrogen) atoms. The van der Waals surface area contributed by atoms with Crippen molar-refractivity contribution in [1.82, 2.24) is 0 Å². The summed E-state index contributed by atoms with van der Waals surface area (Å²) in [6.07, 6.45) is 0.178. The van der Waals surface area contributed by atoms with Crippen LogP contribution in [0.5, 0.6) is 0 Å². The maximum atomic E-state index is 11.1. The van der Waals surface area contributed by atoms with Gasteiger partial charge in [0.05, 0.1) is 25.7 Å². The second-order valence-corrected chi connectivity index (χ2v) is 3.43. The van der Waals surface area contributed by atoms with E-state index in [1.807, 2.05) is 0 Å². The van der Waals surface area contributed by atoms with E-state index in [2.05, 4.69) is 4.74 Å². The molecule has 0 aromatic heterocycles. The molecule has 0 bridgehead atoms. The molecule has 4 heteroatoms. The smallest absolute Gasteiger partial charge is 0.311 e. The highest BCUT2D eigenvalue weighted by Crippen LogP contribution is 2.22. The fraction of sp³-hybridized carbons (Fsp3) is 0.889. The van der Waals surface area contributed by atoms with E-state index < -0.39 is 12.0 Å². The standard InChI is InChI=1S/C9H16O4/c1-6(9(11)12-2)8(10)7-3-4-13-5-7/h6-8,10H,3-5H2,1-2H3. The van der Waals surface area contributed by atoms with Crippen molar-refractivity contribution >= 4 is 5.97 Å². The van der Waals surface area contributed by atoms with Crippen molar-refractivity contribution in [1.29, 1.82) is 0 Å². The molecule has 1 N–H and O–H groups in total. The third-order valence-corrected chi connectivity index (χ3v) is 2.53. The molecular formula is C9H16O4. The monoisotopic (exact) mass is 188 g/mol. The van der Waals surface area contributed by atoms with E-state index in [-0.39, 0.29) is 11.9 Å². The van der Waals surface area contributed by atoms with Gasteiger partial charge in [0, 0.05) is 12.5 Å². The predicted molar refractivity (Wildman–Crippen MR) is 46.1 cm³/mol. The molecule has 3 atom stereocenters. The molecule has 0 aromatic rings. The van der Waals surface area contributed by atoms with Crippen molar-refractivity contribution in [3.8, 4) is 0 Å². The van der Waals surface area contributed by atoms with Gasteiger partial charge in [-0.15, -0.1) is 0 Å². The third kappa shape index (κ3) is 2.42. The normalized spacial score (nSPS) is 26.8. The van der Waals surface area contributed by atoms with Crippen LogP contribution in [0.1, 0.15) is 13.3 Å². The number of carbonyl (C=O) groups is 1. The first-order valence-corrected chi connectivity index (χ1v) is 4.50. The quantitative estimate of drug-likeness (QED) is 0.642. The highest BCUT2D eigenvalue weighted by Gasteiger charge is 2.32. The van der Waals surface area contributed by atoms with E-state index >= 15 is 0 Å². The number of aliphatic hydroxyl groups is 1. The van der Waals surface area contributed by atoms with Crippen LogP contribution in [0, 0.1) is 11.8 Å². The molecule has 76 valence electrons. The Morgan fingerprint density at radius 3 is 2.85 bits per heavy atom. The van der Waals surface area contributed by atoms with Crippen molar-refractivity contribution in [2.24, 2.45) is 11.8 Å². The Morgan fingerprint density at radius 2 is 2.38 bits per heavy atom. The van der Waals surface area contributed by atoms with Crippen molar-refractivity contribution < 1.29 is 19.4 Å². The fourth-order valence-electron chi connectivity index (χ4n) is 1.56. The third-order valence-electron chi connectivity index (χ3n) is 2.53. The Labute approximate surface area is 77.8 Å². The summed E-state index contributed by atoms with van der Waals surface area (Å²) < 4.78 is 9.68. The first-order chi connectivity index (χ1) is 6.16. The van der Waals surface area contributed by atoms with Gasteiger partial charge in [-0.2, -0.15) is 0 Å². The maximum absolute atomic E-state index is 11.1. The van der Waals surface area contributed by atoms with Crippen molar-refractivity contribution in [2.75, 3.05) is 20.3 Å². The zero-order chi connectivity index (χ0) is 9.84. The molecule has 0 aromatic carbocycles. The van der Waals surface area contributed by atoms with E-state index in [4.69, 9.17) is 4.74 Å². The van der Waals surface area contributed by atoms with Gasteiger partial charge in [0.25, 0.3) is 0 Å². The Morgan fingerprint density at radius 1 is 1.69 bits per heavy atom. The van der Waals surface area contributed by atoms with E-state index in [9.17, 15) is 9.90 Å². The molecular weight excluding hydrogens is 172 g/mol. The minimum Gasteiger partial charge on any atom is -0.469 e. The van der Waals surface area contributed by atoms with Crippen molar-refractivity contribution in [3.63, 3.8) is 0 Å². The molecule has 3 unspecified atom stereocenters. The zero-order valence-corrected chi connectivity index (χ0v) is 8.03. The van der Waals surface area contributed by atoms with Gasteiger partial charge in [0.1, 0.15) is 0 Å². The second kappa shape index (κ2) is 4.58. The van der Waals surface area contributed by atoms with Crippen LogP contribution in [0.3, 0.4) is 0 Å². The van der Waals surface area contributed by atoms with E-state index in [1.54, 1.807) is 6.92 Å².